The maximum atomic E-state index is 12.9. The second-order valence-electron chi connectivity index (χ2n) is 7.42. The fourth-order valence-corrected chi connectivity index (χ4v) is 3.81. The second kappa shape index (κ2) is 10.0. The standard InChI is InChI=1S/C21H29N3O3.ClH/c1-3-5-10-24-20(26)17-7-6-16(13-18(17)21(24)27)19(25)23-11-8-15(9-12-23)14-22-4-2;/h6-7,13,15,22H,3-5,8-12,14H2,1-2H3;1H. The molecule has 7 heteroatoms. The lowest BCUT2D eigenvalue weighted by atomic mass is 9.96. The molecule has 3 rings (SSSR count). The first-order valence-electron chi connectivity index (χ1n) is 10.1. The van der Waals surface area contributed by atoms with Gasteiger partial charge in [0.2, 0.25) is 0 Å². The minimum atomic E-state index is -0.276. The molecule has 0 bridgehead atoms. The number of benzene rings is 1. The van der Waals surface area contributed by atoms with Gasteiger partial charge in [-0.25, -0.2) is 0 Å². The number of imide groups is 1. The van der Waals surface area contributed by atoms with Crippen LogP contribution in [0, 0.1) is 5.92 Å². The summed E-state index contributed by atoms with van der Waals surface area (Å²) in [6.07, 6.45) is 3.69. The molecule has 1 aromatic carbocycles. The summed E-state index contributed by atoms with van der Waals surface area (Å²) in [5.41, 5.74) is 1.28. The van der Waals surface area contributed by atoms with E-state index in [2.05, 4.69) is 12.2 Å². The molecule has 3 amide bonds. The first kappa shape index (κ1) is 22.4. The van der Waals surface area contributed by atoms with Gasteiger partial charge in [0.1, 0.15) is 0 Å². The average molecular weight is 408 g/mol. The smallest absolute Gasteiger partial charge is 0.261 e. The van der Waals surface area contributed by atoms with Gasteiger partial charge in [0.15, 0.2) is 0 Å². The summed E-state index contributed by atoms with van der Waals surface area (Å²) in [7, 11) is 0. The van der Waals surface area contributed by atoms with Gasteiger partial charge in [-0.15, -0.1) is 12.4 Å². The Bertz CT molecular complexity index is 730. The molecule has 1 N–H and O–H groups in total. The average Bonchev–Trinajstić information content (AvgIpc) is 2.94. The predicted molar refractivity (Wildman–Crippen MR) is 111 cm³/mol. The van der Waals surface area contributed by atoms with E-state index in [1.807, 2.05) is 11.8 Å². The molecular formula is C21H30ClN3O3. The number of likely N-dealkylation sites (tertiary alicyclic amines) is 1. The van der Waals surface area contributed by atoms with E-state index in [-0.39, 0.29) is 30.1 Å². The second-order valence-corrected chi connectivity index (χ2v) is 7.42. The van der Waals surface area contributed by atoms with Gasteiger partial charge in [-0.1, -0.05) is 20.3 Å². The van der Waals surface area contributed by atoms with Crippen molar-refractivity contribution in [2.75, 3.05) is 32.7 Å². The normalized spacial score (nSPS) is 16.9. The van der Waals surface area contributed by atoms with Crippen molar-refractivity contribution in [3.05, 3.63) is 34.9 Å². The van der Waals surface area contributed by atoms with Crippen molar-refractivity contribution < 1.29 is 14.4 Å². The monoisotopic (exact) mass is 407 g/mol. The first-order valence-corrected chi connectivity index (χ1v) is 10.1. The number of halogens is 1. The van der Waals surface area contributed by atoms with Crippen LogP contribution in [0.5, 0.6) is 0 Å². The van der Waals surface area contributed by atoms with Crippen LogP contribution in [0.2, 0.25) is 0 Å². The molecule has 0 radical (unpaired) electrons. The van der Waals surface area contributed by atoms with Crippen LogP contribution < -0.4 is 5.32 Å². The molecule has 0 saturated carbocycles. The number of piperidine rings is 1. The van der Waals surface area contributed by atoms with E-state index in [0.717, 1.165) is 51.9 Å². The minimum absolute atomic E-state index is 0. The molecule has 0 aliphatic carbocycles. The third-order valence-electron chi connectivity index (χ3n) is 5.54. The number of unbranched alkanes of at least 4 members (excludes halogenated alkanes) is 1. The van der Waals surface area contributed by atoms with Gasteiger partial charge in [-0.2, -0.15) is 0 Å². The van der Waals surface area contributed by atoms with E-state index in [1.165, 1.54) is 4.90 Å². The minimum Gasteiger partial charge on any atom is -0.339 e. The van der Waals surface area contributed by atoms with Gasteiger partial charge in [-0.05, 0) is 56.5 Å². The van der Waals surface area contributed by atoms with E-state index in [4.69, 9.17) is 0 Å². The molecule has 1 fully saturated rings. The van der Waals surface area contributed by atoms with Crippen LogP contribution >= 0.6 is 12.4 Å². The van der Waals surface area contributed by atoms with E-state index >= 15 is 0 Å². The fourth-order valence-electron chi connectivity index (χ4n) is 3.81. The highest BCUT2D eigenvalue weighted by Gasteiger charge is 2.36. The lowest BCUT2D eigenvalue weighted by Gasteiger charge is -2.32. The Labute approximate surface area is 173 Å². The Morgan fingerprint density at radius 1 is 1.11 bits per heavy atom. The molecule has 154 valence electrons. The largest absolute Gasteiger partial charge is 0.339 e. The Hall–Kier alpha value is -1.92. The van der Waals surface area contributed by atoms with Crippen LogP contribution in [0.3, 0.4) is 0 Å². The van der Waals surface area contributed by atoms with Gasteiger partial charge in [-0.3, -0.25) is 19.3 Å². The number of carbonyl (C=O) groups excluding carboxylic acids is 3. The summed E-state index contributed by atoms with van der Waals surface area (Å²) in [4.78, 5) is 41.0. The molecule has 1 saturated heterocycles. The van der Waals surface area contributed by atoms with E-state index < -0.39 is 0 Å². The highest BCUT2D eigenvalue weighted by molar-refractivity contribution is 6.22. The van der Waals surface area contributed by atoms with E-state index in [9.17, 15) is 14.4 Å². The Morgan fingerprint density at radius 3 is 2.43 bits per heavy atom. The molecule has 0 unspecified atom stereocenters. The number of rotatable bonds is 7. The van der Waals surface area contributed by atoms with Gasteiger partial charge in [0.25, 0.3) is 17.7 Å². The third-order valence-corrected chi connectivity index (χ3v) is 5.54. The summed E-state index contributed by atoms with van der Waals surface area (Å²) >= 11 is 0. The molecular weight excluding hydrogens is 378 g/mol. The number of fused-ring (bicyclic) bond motifs is 1. The highest BCUT2D eigenvalue weighted by Crippen LogP contribution is 2.26. The number of amides is 3. The number of carbonyl (C=O) groups is 3. The van der Waals surface area contributed by atoms with Crippen LogP contribution in [0.15, 0.2) is 18.2 Å². The van der Waals surface area contributed by atoms with Gasteiger partial charge >= 0.3 is 0 Å². The molecule has 0 aromatic heterocycles. The molecule has 0 atom stereocenters. The lowest BCUT2D eigenvalue weighted by molar-refractivity contribution is 0.0651. The molecule has 0 spiro atoms. The molecule has 1 aromatic rings. The summed E-state index contributed by atoms with van der Waals surface area (Å²) in [5.74, 6) is 0.0430. The first-order chi connectivity index (χ1) is 13.1. The summed E-state index contributed by atoms with van der Waals surface area (Å²) in [6, 6.07) is 4.92. The predicted octanol–water partition coefficient (Wildman–Crippen LogP) is 2.97. The van der Waals surface area contributed by atoms with Gasteiger partial charge in [0, 0.05) is 25.2 Å². The Kier molecular flexibility index (Phi) is 8.01. The van der Waals surface area contributed by atoms with Crippen LogP contribution in [0.25, 0.3) is 0 Å². The number of nitrogens with zero attached hydrogens (tertiary/aromatic N) is 2. The summed E-state index contributed by atoms with van der Waals surface area (Å²) in [5, 5.41) is 3.37. The van der Waals surface area contributed by atoms with Crippen molar-refractivity contribution in [2.45, 2.75) is 39.5 Å². The zero-order valence-corrected chi connectivity index (χ0v) is 17.5. The maximum absolute atomic E-state index is 12.9. The SMILES string of the molecule is CCCCN1C(=O)c2ccc(C(=O)N3CCC(CNCC)CC3)cc2C1=O.Cl. The Morgan fingerprint density at radius 2 is 1.79 bits per heavy atom. The van der Waals surface area contributed by atoms with E-state index in [0.29, 0.717) is 29.2 Å². The van der Waals surface area contributed by atoms with Crippen molar-refractivity contribution >= 4 is 30.1 Å². The molecule has 2 heterocycles. The zero-order valence-electron chi connectivity index (χ0n) is 16.7. The molecule has 2 aliphatic rings. The van der Waals surface area contributed by atoms with E-state index in [1.54, 1.807) is 18.2 Å². The summed E-state index contributed by atoms with van der Waals surface area (Å²) < 4.78 is 0. The molecule has 6 nitrogen and oxygen atoms in total. The lowest BCUT2D eigenvalue weighted by Crippen LogP contribution is -2.40. The zero-order chi connectivity index (χ0) is 19.4. The van der Waals surface area contributed by atoms with Crippen molar-refractivity contribution in [3.8, 4) is 0 Å². The number of hydrogen-bond donors (Lipinski definition) is 1. The Balaban J connectivity index is 0.00000280. The summed E-state index contributed by atoms with van der Waals surface area (Å²) in [6.45, 7) is 8.00. The van der Waals surface area contributed by atoms with Crippen LogP contribution in [0.4, 0.5) is 0 Å². The molecule has 2 aliphatic heterocycles. The quantitative estimate of drug-likeness (QED) is 0.705. The van der Waals surface area contributed by atoms with Crippen LogP contribution in [-0.4, -0.2) is 60.2 Å². The van der Waals surface area contributed by atoms with Gasteiger partial charge < -0.3 is 10.2 Å². The van der Waals surface area contributed by atoms with Gasteiger partial charge in [0.05, 0.1) is 11.1 Å². The van der Waals surface area contributed by atoms with Crippen LogP contribution in [-0.2, 0) is 0 Å². The topological polar surface area (TPSA) is 69.7 Å². The van der Waals surface area contributed by atoms with Crippen molar-refractivity contribution in [1.82, 2.24) is 15.1 Å². The van der Waals surface area contributed by atoms with Crippen molar-refractivity contribution in [1.29, 1.82) is 0 Å². The molecule has 28 heavy (non-hydrogen) atoms. The number of hydrogen-bond acceptors (Lipinski definition) is 4. The maximum Gasteiger partial charge on any atom is 0.261 e. The number of nitrogens with one attached hydrogen (secondary N) is 1. The van der Waals surface area contributed by atoms with Crippen LogP contribution in [0.1, 0.15) is 70.6 Å². The third kappa shape index (κ3) is 4.55. The van der Waals surface area contributed by atoms with Crippen molar-refractivity contribution in [2.24, 2.45) is 5.92 Å². The highest BCUT2D eigenvalue weighted by atomic mass is 35.5. The fraction of sp³-hybridized carbons (Fsp3) is 0.571. The van der Waals surface area contributed by atoms with Crippen molar-refractivity contribution in [3.63, 3.8) is 0 Å².